The number of carbonyl (C=O) groups excluding carboxylic acids is 1. The number of likely N-dealkylation sites (N-methyl/N-ethyl adjacent to an activating group) is 1. The lowest BCUT2D eigenvalue weighted by molar-refractivity contribution is -0.869. The summed E-state index contributed by atoms with van der Waals surface area (Å²) in [5.41, 5.74) is 0.659. The lowest BCUT2D eigenvalue weighted by atomic mass is 10.2. The van der Waals surface area contributed by atoms with E-state index in [-0.39, 0.29) is 5.91 Å². The first kappa shape index (κ1) is 13.5. The monoisotopic (exact) mass is 237 g/mol. The first-order chi connectivity index (χ1) is 7.92. The Morgan fingerprint density at radius 3 is 2.29 bits per heavy atom. The molecule has 0 unspecified atom stereocenters. The molecule has 0 aromatic heterocycles. The van der Waals surface area contributed by atoms with Gasteiger partial charge in [-0.25, -0.2) is 0 Å². The van der Waals surface area contributed by atoms with Crippen LogP contribution >= 0.6 is 0 Å². The summed E-state index contributed by atoms with van der Waals surface area (Å²) < 4.78 is 5.88. The highest BCUT2D eigenvalue weighted by molar-refractivity contribution is 5.94. The predicted octanol–water partition coefficient (Wildman–Crippen LogP) is 1.13. The zero-order valence-electron chi connectivity index (χ0n) is 11.0. The van der Waals surface area contributed by atoms with E-state index in [1.165, 1.54) is 0 Å². The Labute approximate surface area is 103 Å². The van der Waals surface area contributed by atoms with Gasteiger partial charge < -0.3 is 14.5 Å². The maximum Gasteiger partial charge on any atom is 0.251 e. The molecule has 0 bridgehead atoms. The van der Waals surface area contributed by atoms with E-state index in [9.17, 15) is 4.79 Å². The van der Waals surface area contributed by atoms with E-state index in [1.54, 1.807) is 31.4 Å². The maximum absolute atomic E-state index is 11.8. The molecule has 0 heterocycles. The molecule has 0 aliphatic carbocycles. The molecule has 1 amide bonds. The highest BCUT2D eigenvalue weighted by Gasteiger charge is 2.09. The number of hydrogen-bond donors (Lipinski definition) is 1. The Kier molecular flexibility index (Phi) is 4.52. The predicted molar refractivity (Wildman–Crippen MR) is 68.2 cm³/mol. The number of rotatable bonds is 5. The standard InChI is InChI=1S/C13H20N2O2/c1-15(2,3)10-9-14-13(16)11-5-7-12(17-4)8-6-11/h5-8H,9-10H2,1-4H3/p+1. The molecule has 1 N–H and O–H groups in total. The third-order valence-electron chi connectivity index (χ3n) is 2.42. The van der Waals surface area contributed by atoms with Crippen LogP contribution in [0.25, 0.3) is 0 Å². The molecular formula is C13H21N2O2+. The van der Waals surface area contributed by atoms with Crippen molar-refractivity contribution < 1.29 is 14.0 Å². The minimum Gasteiger partial charge on any atom is -0.497 e. The third-order valence-corrected chi connectivity index (χ3v) is 2.42. The van der Waals surface area contributed by atoms with Crippen molar-refractivity contribution >= 4 is 5.91 Å². The molecule has 1 aromatic rings. The van der Waals surface area contributed by atoms with Gasteiger partial charge in [0.1, 0.15) is 5.75 Å². The molecular weight excluding hydrogens is 216 g/mol. The molecule has 0 fully saturated rings. The zero-order valence-corrected chi connectivity index (χ0v) is 11.0. The lowest BCUT2D eigenvalue weighted by Crippen LogP contribution is -2.41. The van der Waals surface area contributed by atoms with Crippen LogP contribution in [-0.4, -0.2) is 51.7 Å². The van der Waals surface area contributed by atoms with E-state index in [2.05, 4.69) is 26.5 Å². The molecule has 0 saturated heterocycles. The Morgan fingerprint density at radius 2 is 1.82 bits per heavy atom. The molecule has 0 spiro atoms. The zero-order chi connectivity index (χ0) is 12.9. The van der Waals surface area contributed by atoms with Crippen LogP contribution in [-0.2, 0) is 0 Å². The van der Waals surface area contributed by atoms with Crippen molar-refractivity contribution in [1.29, 1.82) is 0 Å². The minimum atomic E-state index is -0.0406. The molecule has 0 aliphatic heterocycles. The Hall–Kier alpha value is -1.55. The van der Waals surface area contributed by atoms with E-state index >= 15 is 0 Å². The van der Waals surface area contributed by atoms with Crippen LogP contribution in [0.5, 0.6) is 5.75 Å². The summed E-state index contributed by atoms with van der Waals surface area (Å²) >= 11 is 0. The van der Waals surface area contributed by atoms with Crippen LogP contribution in [0.2, 0.25) is 0 Å². The van der Waals surface area contributed by atoms with Crippen molar-refractivity contribution in [2.75, 3.05) is 41.3 Å². The van der Waals surface area contributed by atoms with Crippen LogP contribution in [0.15, 0.2) is 24.3 Å². The fourth-order valence-corrected chi connectivity index (χ4v) is 1.35. The van der Waals surface area contributed by atoms with Gasteiger partial charge in [-0.2, -0.15) is 0 Å². The van der Waals surface area contributed by atoms with Crippen molar-refractivity contribution in [2.45, 2.75) is 0 Å². The van der Waals surface area contributed by atoms with Gasteiger partial charge in [0.05, 0.1) is 41.3 Å². The minimum absolute atomic E-state index is 0.0406. The number of methoxy groups -OCH3 is 1. The molecule has 0 saturated carbocycles. The second kappa shape index (κ2) is 5.68. The number of quaternary nitrogens is 1. The van der Waals surface area contributed by atoms with Gasteiger partial charge in [0.15, 0.2) is 0 Å². The summed E-state index contributed by atoms with van der Waals surface area (Å²) in [5.74, 6) is 0.717. The van der Waals surface area contributed by atoms with E-state index in [0.717, 1.165) is 16.8 Å². The molecule has 0 radical (unpaired) electrons. The van der Waals surface area contributed by atoms with Crippen molar-refractivity contribution in [2.24, 2.45) is 0 Å². The average Bonchev–Trinajstić information content (AvgIpc) is 2.27. The fraction of sp³-hybridized carbons (Fsp3) is 0.462. The van der Waals surface area contributed by atoms with Crippen molar-refractivity contribution in [3.8, 4) is 5.75 Å². The van der Waals surface area contributed by atoms with Crippen LogP contribution in [0.4, 0.5) is 0 Å². The van der Waals surface area contributed by atoms with Crippen LogP contribution < -0.4 is 10.1 Å². The maximum atomic E-state index is 11.8. The Balaban J connectivity index is 2.47. The molecule has 0 atom stereocenters. The van der Waals surface area contributed by atoms with Gasteiger partial charge >= 0.3 is 0 Å². The summed E-state index contributed by atoms with van der Waals surface area (Å²) in [6, 6.07) is 7.10. The molecule has 0 aliphatic rings. The number of ether oxygens (including phenoxy) is 1. The van der Waals surface area contributed by atoms with Crippen LogP contribution in [0.3, 0.4) is 0 Å². The number of nitrogens with zero attached hydrogens (tertiary/aromatic N) is 1. The second-order valence-corrected chi connectivity index (χ2v) is 5.00. The fourth-order valence-electron chi connectivity index (χ4n) is 1.35. The molecule has 1 rings (SSSR count). The Morgan fingerprint density at radius 1 is 1.24 bits per heavy atom. The van der Waals surface area contributed by atoms with Crippen LogP contribution in [0.1, 0.15) is 10.4 Å². The van der Waals surface area contributed by atoms with Gasteiger partial charge in [-0.15, -0.1) is 0 Å². The highest BCUT2D eigenvalue weighted by Crippen LogP contribution is 2.10. The van der Waals surface area contributed by atoms with Gasteiger partial charge in [0.25, 0.3) is 5.91 Å². The van der Waals surface area contributed by atoms with E-state index in [0.29, 0.717) is 12.1 Å². The first-order valence-electron chi connectivity index (χ1n) is 5.65. The number of amides is 1. The van der Waals surface area contributed by atoms with Gasteiger partial charge in [0, 0.05) is 5.56 Å². The lowest BCUT2D eigenvalue weighted by Gasteiger charge is -2.23. The SMILES string of the molecule is COc1ccc(C(=O)NCC[N+](C)(C)C)cc1. The summed E-state index contributed by atoms with van der Waals surface area (Å²) in [7, 11) is 7.90. The van der Waals surface area contributed by atoms with Crippen molar-refractivity contribution in [3.63, 3.8) is 0 Å². The van der Waals surface area contributed by atoms with E-state index < -0.39 is 0 Å². The summed E-state index contributed by atoms with van der Waals surface area (Å²) in [6.07, 6.45) is 0. The Bertz CT molecular complexity index is 366. The summed E-state index contributed by atoms with van der Waals surface area (Å²) in [4.78, 5) is 11.8. The molecule has 4 nitrogen and oxygen atoms in total. The molecule has 94 valence electrons. The number of carbonyl (C=O) groups is 1. The van der Waals surface area contributed by atoms with Gasteiger partial charge in [-0.05, 0) is 24.3 Å². The van der Waals surface area contributed by atoms with E-state index in [4.69, 9.17) is 4.74 Å². The largest absolute Gasteiger partial charge is 0.497 e. The molecule has 17 heavy (non-hydrogen) atoms. The summed E-state index contributed by atoms with van der Waals surface area (Å²) in [6.45, 7) is 1.58. The normalized spacial score (nSPS) is 11.1. The van der Waals surface area contributed by atoms with Gasteiger partial charge in [0.2, 0.25) is 0 Å². The number of nitrogens with one attached hydrogen (secondary N) is 1. The van der Waals surface area contributed by atoms with E-state index in [1.807, 2.05) is 0 Å². The van der Waals surface area contributed by atoms with Crippen LogP contribution in [0, 0.1) is 0 Å². The molecule has 4 heteroatoms. The quantitative estimate of drug-likeness (QED) is 0.780. The molecule has 1 aromatic carbocycles. The summed E-state index contributed by atoms with van der Waals surface area (Å²) in [5, 5.41) is 2.90. The second-order valence-electron chi connectivity index (χ2n) is 5.00. The third kappa shape index (κ3) is 4.87. The van der Waals surface area contributed by atoms with Crippen molar-refractivity contribution in [3.05, 3.63) is 29.8 Å². The highest BCUT2D eigenvalue weighted by atomic mass is 16.5. The number of benzene rings is 1. The topological polar surface area (TPSA) is 38.3 Å². The average molecular weight is 237 g/mol. The van der Waals surface area contributed by atoms with Gasteiger partial charge in [-0.1, -0.05) is 0 Å². The smallest absolute Gasteiger partial charge is 0.251 e. The van der Waals surface area contributed by atoms with Crippen molar-refractivity contribution in [1.82, 2.24) is 5.32 Å². The first-order valence-corrected chi connectivity index (χ1v) is 5.65. The van der Waals surface area contributed by atoms with Gasteiger partial charge in [-0.3, -0.25) is 4.79 Å². The number of hydrogen-bond acceptors (Lipinski definition) is 2.